The van der Waals surface area contributed by atoms with Crippen LogP contribution in [-0.2, 0) is 9.53 Å². The van der Waals surface area contributed by atoms with Crippen LogP contribution in [0.3, 0.4) is 0 Å². The lowest BCUT2D eigenvalue weighted by atomic mass is 9.77. The third-order valence-electron chi connectivity index (χ3n) is 10.4. The summed E-state index contributed by atoms with van der Waals surface area (Å²) >= 11 is 0. The molecule has 0 atom stereocenters. The van der Waals surface area contributed by atoms with Gasteiger partial charge in [0.1, 0.15) is 5.75 Å². The molecule has 3 aliphatic carbocycles. The number of nitrogens with one attached hydrogen (secondary N) is 1. The SMILES string of the molecule is COC(=O)NCC1CCC(C(=O)N(CC2CCC(c3ccc(OC)c(C)c3)CC2)c2cccc(-c3cnn(C4CC4)c3)c2)CC1. The molecule has 2 aromatic carbocycles. The molecule has 3 saturated carbocycles. The minimum atomic E-state index is -0.390. The summed E-state index contributed by atoms with van der Waals surface area (Å²) in [5, 5.41) is 7.45. The van der Waals surface area contributed by atoms with Gasteiger partial charge in [-0.25, -0.2) is 4.79 Å². The molecule has 0 unspecified atom stereocenters. The van der Waals surface area contributed by atoms with Crippen LogP contribution in [0.15, 0.2) is 54.9 Å². The van der Waals surface area contributed by atoms with E-state index in [2.05, 4.69) is 75.6 Å². The summed E-state index contributed by atoms with van der Waals surface area (Å²) in [4.78, 5) is 28.0. The maximum atomic E-state index is 14.3. The van der Waals surface area contributed by atoms with Crippen molar-refractivity contribution in [3.63, 3.8) is 0 Å². The smallest absolute Gasteiger partial charge is 0.406 e. The van der Waals surface area contributed by atoms with Crippen LogP contribution in [0.4, 0.5) is 10.5 Å². The van der Waals surface area contributed by atoms with Crippen LogP contribution in [0.25, 0.3) is 11.1 Å². The molecule has 3 fully saturated rings. The summed E-state index contributed by atoms with van der Waals surface area (Å²) in [7, 11) is 3.12. The number of rotatable bonds is 10. The van der Waals surface area contributed by atoms with Crippen LogP contribution in [0.2, 0.25) is 0 Å². The standard InChI is InChI=1S/C37H48N4O4/c1-25-19-31(15-18-35(25)44-2)28-11-9-27(10-12-28)23-40(36(42)29-13-7-26(8-14-29)21-38-37(43)45-3)34-6-4-5-30(20-34)32-22-39-41(24-32)33-16-17-33/h4-6,15,18-20,22,24,26-29,33H,7-14,16-17,21,23H2,1-3H3,(H,38,43). The zero-order valence-electron chi connectivity index (χ0n) is 27.0. The van der Waals surface area contributed by atoms with E-state index in [1.165, 1.54) is 31.1 Å². The molecule has 0 aliphatic heterocycles. The van der Waals surface area contributed by atoms with Crippen LogP contribution in [0.1, 0.15) is 87.3 Å². The fourth-order valence-corrected chi connectivity index (χ4v) is 7.43. The maximum absolute atomic E-state index is 14.3. The second-order valence-electron chi connectivity index (χ2n) is 13.5. The second-order valence-corrected chi connectivity index (χ2v) is 13.5. The average molecular weight is 613 g/mol. The molecule has 8 nitrogen and oxygen atoms in total. The molecule has 6 rings (SSSR count). The Morgan fingerprint density at radius 3 is 2.36 bits per heavy atom. The summed E-state index contributed by atoms with van der Waals surface area (Å²) in [5.41, 5.74) is 5.78. The van der Waals surface area contributed by atoms with Crippen molar-refractivity contribution in [3.05, 3.63) is 66.0 Å². The van der Waals surface area contributed by atoms with Crippen molar-refractivity contribution in [2.24, 2.45) is 17.8 Å². The molecule has 1 N–H and O–H groups in total. The zero-order valence-corrected chi connectivity index (χ0v) is 27.0. The molecule has 0 spiro atoms. The molecule has 0 saturated heterocycles. The van der Waals surface area contributed by atoms with Crippen LogP contribution >= 0.6 is 0 Å². The summed E-state index contributed by atoms with van der Waals surface area (Å²) in [6.07, 6.45) is 14.2. The maximum Gasteiger partial charge on any atom is 0.406 e. The number of aromatic nitrogens is 2. The second kappa shape index (κ2) is 14.1. The first kappa shape index (κ1) is 31.2. The van der Waals surface area contributed by atoms with Crippen molar-refractivity contribution < 1.29 is 19.1 Å². The van der Waals surface area contributed by atoms with E-state index >= 15 is 0 Å². The predicted octanol–water partition coefficient (Wildman–Crippen LogP) is 7.67. The van der Waals surface area contributed by atoms with E-state index in [0.29, 0.717) is 30.3 Å². The normalized spacial score (nSPS) is 23.3. The van der Waals surface area contributed by atoms with Crippen molar-refractivity contribution in [1.29, 1.82) is 0 Å². The van der Waals surface area contributed by atoms with E-state index in [1.54, 1.807) is 7.11 Å². The van der Waals surface area contributed by atoms with E-state index in [9.17, 15) is 9.59 Å². The number of benzene rings is 2. The van der Waals surface area contributed by atoms with Gasteiger partial charge >= 0.3 is 6.09 Å². The molecule has 3 aromatic rings. The average Bonchev–Trinajstić information content (AvgIpc) is 3.82. The molecular weight excluding hydrogens is 564 g/mol. The largest absolute Gasteiger partial charge is 0.496 e. The summed E-state index contributed by atoms with van der Waals surface area (Å²) < 4.78 is 12.3. The Hall–Kier alpha value is -3.81. The van der Waals surface area contributed by atoms with Gasteiger partial charge in [-0.2, -0.15) is 5.10 Å². The number of ether oxygens (including phenoxy) is 2. The molecule has 8 heteroatoms. The number of anilines is 1. The zero-order chi connectivity index (χ0) is 31.3. The Kier molecular flexibility index (Phi) is 9.76. The van der Waals surface area contributed by atoms with Crippen molar-refractivity contribution >= 4 is 17.7 Å². The Labute approximate surface area is 267 Å². The number of alkyl carbamates (subject to hydrolysis) is 1. The molecule has 1 aromatic heterocycles. The van der Waals surface area contributed by atoms with Gasteiger partial charge in [-0.15, -0.1) is 0 Å². The van der Waals surface area contributed by atoms with E-state index in [0.717, 1.165) is 80.5 Å². The quantitative estimate of drug-likeness (QED) is 0.254. The Morgan fingerprint density at radius 2 is 1.67 bits per heavy atom. The molecule has 240 valence electrons. The lowest BCUT2D eigenvalue weighted by Gasteiger charge is -2.36. The van der Waals surface area contributed by atoms with Gasteiger partial charge in [-0.3, -0.25) is 9.48 Å². The van der Waals surface area contributed by atoms with Crippen molar-refractivity contribution in [3.8, 4) is 16.9 Å². The van der Waals surface area contributed by atoms with Gasteiger partial charge in [0, 0.05) is 36.5 Å². The summed E-state index contributed by atoms with van der Waals surface area (Å²) in [6.45, 7) is 3.47. The minimum absolute atomic E-state index is 0.000682. The van der Waals surface area contributed by atoms with Crippen molar-refractivity contribution in [2.75, 3.05) is 32.2 Å². The number of methoxy groups -OCH3 is 2. The number of aryl methyl sites for hydroxylation is 1. The first-order valence-corrected chi connectivity index (χ1v) is 16.8. The topological polar surface area (TPSA) is 85.7 Å². The van der Waals surface area contributed by atoms with Gasteiger partial charge in [0.05, 0.1) is 26.5 Å². The number of hydrogen-bond acceptors (Lipinski definition) is 5. The van der Waals surface area contributed by atoms with Crippen LogP contribution in [-0.4, -0.2) is 49.1 Å². The third kappa shape index (κ3) is 7.54. The summed E-state index contributed by atoms with van der Waals surface area (Å²) in [5.74, 6) is 2.58. The van der Waals surface area contributed by atoms with Gasteiger partial charge in [0.15, 0.2) is 0 Å². The summed E-state index contributed by atoms with van der Waals surface area (Å²) in [6, 6.07) is 15.6. The van der Waals surface area contributed by atoms with Crippen molar-refractivity contribution in [1.82, 2.24) is 15.1 Å². The number of carbonyl (C=O) groups excluding carboxylic acids is 2. The molecular formula is C37H48N4O4. The molecule has 0 radical (unpaired) electrons. The number of nitrogens with zero attached hydrogens (tertiary/aromatic N) is 3. The molecule has 2 amide bonds. The Balaban J connectivity index is 1.16. The fourth-order valence-electron chi connectivity index (χ4n) is 7.43. The highest BCUT2D eigenvalue weighted by atomic mass is 16.5. The fraction of sp³-hybridized carbons (Fsp3) is 0.541. The molecule has 45 heavy (non-hydrogen) atoms. The Morgan fingerprint density at radius 1 is 0.911 bits per heavy atom. The highest BCUT2D eigenvalue weighted by Gasteiger charge is 2.33. The van der Waals surface area contributed by atoms with E-state index in [1.807, 2.05) is 6.20 Å². The van der Waals surface area contributed by atoms with E-state index < -0.39 is 6.09 Å². The molecule has 0 bridgehead atoms. The molecule has 3 aliphatic rings. The van der Waals surface area contributed by atoms with Gasteiger partial charge in [-0.1, -0.05) is 24.3 Å². The van der Waals surface area contributed by atoms with E-state index in [4.69, 9.17) is 9.47 Å². The van der Waals surface area contributed by atoms with Crippen LogP contribution in [0.5, 0.6) is 5.75 Å². The first-order chi connectivity index (χ1) is 21.9. The number of hydrogen-bond donors (Lipinski definition) is 1. The van der Waals surface area contributed by atoms with Gasteiger partial charge in [0.2, 0.25) is 5.91 Å². The lowest BCUT2D eigenvalue weighted by Crippen LogP contribution is -2.42. The van der Waals surface area contributed by atoms with Gasteiger partial charge in [-0.05, 0) is 124 Å². The van der Waals surface area contributed by atoms with Crippen LogP contribution < -0.4 is 15.0 Å². The molecule has 1 heterocycles. The first-order valence-electron chi connectivity index (χ1n) is 16.8. The highest BCUT2D eigenvalue weighted by molar-refractivity contribution is 5.95. The van der Waals surface area contributed by atoms with E-state index in [-0.39, 0.29) is 11.8 Å². The third-order valence-corrected chi connectivity index (χ3v) is 10.4. The lowest BCUT2D eigenvalue weighted by molar-refractivity contribution is -0.123. The number of carbonyl (C=O) groups is 2. The highest BCUT2D eigenvalue weighted by Crippen LogP contribution is 2.40. The van der Waals surface area contributed by atoms with Crippen molar-refractivity contribution in [2.45, 2.75) is 83.1 Å². The van der Waals surface area contributed by atoms with Crippen LogP contribution in [0, 0.1) is 24.7 Å². The van der Waals surface area contributed by atoms with Gasteiger partial charge < -0.3 is 19.7 Å². The minimum Gasteiger partial charge on any atom is -0.496 e. The number of amides is 2. The Bertz CT molecular complexity index is 1460. The monoisotopic (exact) mass is 612 g/mol. The predicted molar refractivity (Wildman–Crippen MR) is 177 cm³/mol. The van der Waals surface area contributed by atoms with Gasteiger partial charge in [0.25, 0.3) is 0 Å².